The van der Waals surface area contributed by atoms with Crippen LogP contribution in [0.1, 0.15) is 16.1 Å². The van der Waals surface area contributed by atoms with Gasteiger partial charge in [-0.25, -0.2) is 8.78 Å². The average molecular weight is 326 g/mol. The van der Waals surface area contributed by atoms with Gasteiger partial charge in [0.1, 0.15) is 17.2 Å². The Morgan fingerprint density at radius 1 is 1.00 bits per heavy atom. The third kappa shape index (κ3) is 3.78. The van der Waals surface area contributed by atoms with E-state index in [2.05, 4.69) is 9.97 Å². The number of nitrogens with zero attached hydrogens (tertiary/aromatic N) is 2. The van der Waals surface area contributed by atoms with Gasteiger partial charge in [-0.2, -0.15) is 0 Å². The monoisotopic (exact) mass is 326 g/mol. The van der Waals surface area contributed by atoms with Crippen molar-refractivity contribution in [3.63, 3.8) is 0 Å². The highest BCUT2D eigenvalue weighted by Gasteiger charge is 2.12. The van der Waals surface area contributed by atoms with E-state index in [0.29, 0.717) is 17.1 Å². The van der Waals surface area contributed by atoms with Crippen LogP contribution in [-0.2, 0) is 6.42 Å². The standard InChI is InChI=1S/C18H12F2N2O2/c19-15-4-3-12(8-16(15)20)9-18(23)17-10-13(5-7-22-17)24-14-2-1-6-21-11-14/h1-8,10-11H,9H2. The summed E-state index contributed by atoms with van der Waals surface area (Å²) in [4.78, 5) is 20.2. The highest BCUT2D eigenvalue weighted by atomic mass is 19.2. The lowest BCUT2D eigenvalue weighted by molar-refractivity contribution is 0.0988. The van der Waals surface area contributed by atoms with Crippen molar-refractivity contribution in [1.82, 2.24) is 9.97 Å². The number of benzene rings is 1. The van der Waals surface area contributed by atoms with Gasteiger partial charge in [-0.05, 0) is 35.9 Å². The van der Waals surface area contributed by atoms with Gasteiger partial charge in [-0.3, -0.25) is 14.8 Å². The first kappa shape index (κ1) is 15.7. The van der Waals surface area contributed by atoms with Gasteiger partial charge < -0.3 is 4.74 Å². The molecule has 120 valence electrons. The normalized spacial score (nSPS) is 10.4. The predicted octanol–water partition coefficient (Wildman–Crippen LogP) is 3.97. The van der Waals surface area contributed by atoms with Crippen molar-refractivity contribution in [3.8, 4) is 11.5 Å². The first-order chi connectivity index (χ1) is 11.6. The SMILES string of the molecule is O=C(Cc1ccc(F)c(F)c1)c1cc(Oc2cccnc2)ccn1. The minimum absolute atomic E-state index is 0.0828. The average Bonchev–Trinajstić information content (AvgIpc) is 2.59. The van der Waals surface area contributed by atoms with Crippen LogP contribution in [0.2, 0.25) is 0 Å². The van der Waals surface area contributed by atoms with Gasteiger partial charge in [-0.15, -0.1) is 0 Å². The van der Waals surface area contributed by atoms with E-state index < -0.39 is 11.6 Å². The maximum absolute atomic E-state index is 13.2. The van der Waals surface area contributed by atoms with Crippen molar-refractivity contribution in [2.75, 3.05) is 0 Å². The molecule has 0 aliphatic carbocycles. The lowest BCUT2D eigenvalue weighted by Gasteiger charge is -2.06. The zero-order chi connectivity index (χ0) is 16.9. The quantitative estimate of drug-likeness (QED) is 0.666. The Hall–Kier alpha value is -3.15. The summed E-state index contributed by atoms with van der Waals surface area (Å²) in [5.41, 5.74) is 0.556. The molecule has 24 heavy (non-hydrogen) atoms. The Kier molecular flexibility index (Phi) is 4.56. The van der Waals surface area contributed by atoms with Gasteiger partial charge >= 0.3 is 0 Å². The number of hydrogen-bond acceptors (Lipinski definition) is 4. The molecule has 3 rings (SSSR count). The van der Waals surface area contributed by atoms with Crippen LogP contribution in [0.15, 0.2) is 61.1 Å². The van der Waals surface area contributed by atoms with E-state index in [4.69, 9.17) is 4.74 Å². The number of rotatable bonds is 5. The third-order valence-corrected chi connectivity index (χ3v) is 3.24. The number of carbonyl (C=O) groups is 1. The summed E-state index contributed by atoms with van der Waals surface area (Å²) < 4.78 is 31.7. The van der Waals surface area contributed by atoms with Crippen molar-refractivity contribution in [2.45, 2.75) is 6.42 Å². The molecule has 0 aliphatic rings. The second kappa shape index (κ2) is 6.95. The Balaban J connectivity index is 1.75. The molecule has 0 N–H and O–H groups in total. The predicted molar refractivity (Wildman–Crippen MR) is 82.9 cm³/mol. The fourth-order valence-electron chi connectivity index (χ4n) is 2.10. The van der Waals surface area contributed by atoms with E-state index in [1.54, 1.807) is 30.6 Å². The summed E-state index contributed by atoms with van der Waals surface area (Å²) in [5.74, 6) is -1.29. The van der Waals surface area contributed by atoms with Crippen molar-refractivity contribution < 1.29 is 18.3 Å². The summed E-state index contributed by atoms with van der Waals surface area (Å²) in [6.07, 6.45) is 4.53. The van der Waals surface area contributed by atoms with E-state index in [0.717, 1.165) is 12.1 Å². The summed E-state index contributed by atoms with van der Waals surface area (Å²) in [6, 6.07) is 9.93. The molecule has 0 spiro atoms. The fourth-order valence-corrected chi connectivity index (χ4v) is 2.10. The number of hydrogen-bond donors (Lipinski definition) is 0. The summed E-state index contributed by atoms with van der Waals surface area (Å²) in [7, 11) is 0. The highest BCUT2D eigenvalue weighted by Crippen LogP contribution is 2.21. The Morgan fingerprint density at radius 3 is 2.62 bits per heavy atom. The van der Waals surface area contributed by atoms with Crippen LogP contribution in [0.5, 0.6) is 11.5 Å². The first-order valence-electron chi connectivity index (χ1n) is 7.13. The zero-order valence-electron chi connectivity index (χ0n) is 12.4. The number of ether oxygens (including phenoxy) is 1. The Labute approximate surface area is 136 Å². The van der Waals surface area contributed by atoms with Gasteiger partial charge in [0.2, 0.25) is 0 Å². The molecule has 0 unspecified atom stereocenters. The molecule has 1 aromatic carbocycles. The lowest BCUT2D eigenvalue weighted by atomic mass is 10.1. The lowest BCUT2D eigenvalue weighted by Crippen LogP contribution is -2.06. The van der Waals surface area contributed by atoms with E-state index in [-0.39, 0.29) is 17.9 Å². The number of Topliss-reactive ketones (excluding diaryl/α,β-unsaturated/α-hetero) is 1. The molecule has 4 nitrogen and oxygen atoms in total. The number of carbonyl (C=O) groups excluding carboxylic acids is 1. The molecule has 6 heteroatoms. The summed E-state index contributed by atoms with van der Waals surface area (Å²) in [5, 5.41) is 0. The molecule has 0 saturated heterocycles. The van der Waals surface area contributed by atoms with Gasteiger partial charge in [-0.1, -0.05) is 6.07 Å². The van der Waals surface area contributed by atoms with Crippen molar-refractivity contribution >= 4 is 5.78 Å². The Bertz CT molecular complexity index is 870. The van der Waals surface area contributed by atoms with Gasteiger partial charge in [0, 0.05) is 24.9 Å². The molecular formula is C18H12F2N2O2. The van der Waals surface area contributed by atoms with E-state index in [1.165, 1.54) is 18.3 Å². The number of halogens is 2. The molecule has 3 aromatic rings. The van der Waals surface area contributed by atoms with Crippen molar-refractivity contribution in [3.05, 3.63) is 83.9 Å². The molecular weight excluding hydrogens is 314 g/mol. The van der Waals surface area contributed by atoms with Gasteiger partial charge in [0.25, 0.3) is 0 Å². The van der Waals surface area contributed by atoms with E-state index in [1.807, 2.05) is 0 Å². The van der Waals surface area contributed by atoms with Crippen molar-refractivity contribution in [1.29, 1.82) is 0 Å². The maximum Gasteiger partial charge on any atom is 0.185 e. The first-order valence-corrected chi connectivity index (χ1v) is 7.13. The fraction of sp³-hybridized carbons (Fsp3) is 0.0556. The zero-order valence-corrected chi connectivity index (χ0v) is 12.4. The summed E-state index contributed by atoms with van der Waals surface area (Å²) >= 11 is 0. The second-order valence-corrected chi connectivity index (χ2v) is 5.02. The van der Waals surface area contributed by atoms with Crippen LogP contribution in [-0.4, -0.2) is 15.8 Å². The Morgan fingerprint density at radius 2 is 1.88 bits per heavy atom. The molecule has 0 radical (unpaired) electrons. The molecule has 0 saturated carbocycles. The third-order valence-electron chi connectivity index (χ3n) is 3.24. The van der Waals surface area contributed by atoms with Crippen LogP contribution >= 0.6 is 0 Å². The second-order valence-electron chi connectivity index (χ2n) is 5.02. The topological polar surface area (TPSA) is 52.1 Å². The molecule has 0 amide bonds. The highest BCUT2D eigenvalue weighted by molar-refractivity contribution is 5.96. The smallest absolute Gasteiger partial charge is 0.185 e. The molecule has 0 bridgehead atoms. The maximum atomic E-state index is 13.2. The minimum Gasteiger partial charge on any atom is -0.456 e. The largest absolute Gasteiger partial charge is 0.456 e. The van der Waals surface area contributed by atoms with Gasteiger partial charge in [0.05, 0.1) is 6.20 Å². The molecule has 2 heterocycles. The number of pyridine rings is 2. The van der Waals surface area contributed by atoms with Gasteiger partial charge in [0.15, 0.2) is 17.4 Å². The number of aromatic nitrogens is 2. The van der Waals surface area contributed by atoms with Crippen LogP contribution in [0, 0.1) is 11.6 Å². The van der Waals surface area contributed by atoms with Crippen LogP contribution < -0.4 is 4.74 Å². The van der Waals surface area contributed by atoms with Crippen LogP contribution in [0.25, 0.3) is 0 Å². The molecule has 0 aliphatic heterocycles. The molecule has 0 fully saturated rings. The van der Waals surface area contributed by atoms with Crippen LogP contribution in [0.4, 0.5) is 8.78 Å². The molecule has 0 atom stereocenters. The van der Waals surface area contributed by atoms with Crippen molar-refractivity contribution in [2.24, 2.45) is 0 Å². The number of ketones is 1. The van der Waals surface area contributed by atoms with E-state index in [9.17, 15) is 13.6 Å². The molecule has 2 aromatic heterocycles. The van der Waals surface area contributed by atoms with Crippen LogP contribution in [0.3, 0.4) is 0 Å². The summed E-state index contributed by atoms with van der Waals surface area (Å²) in [6.45, 7) is 0. The minimum atomic E-state index is -0.984. The van der Waals surface area contributed by atoms with E-state index >= 15 is 0 Å².